The van der Waals surface area contributed by atoms with Crippen LogP contribution in [0.3, 0.4) is 0 Å². The number of hydrogen-bond donors (Lipinski definition) is 0. The van der Waals surface area contributed by atoms with Crippen molar-refractivity contribution in [1.82, 2.24) is 9.38 Å². The SMILES string of the molecule is COc1cc(/C=c2\sc3nc4ccccc4n3c2=O)cc(Br)c1OCc1ccc(Cl)c(Cl)c1. The average molecular weight is 562 g/mol. The fourth-order valence-electron chi connectivity index (χ4n) is 3.51. The zero-order chi connectivity index (χ0) is 23.1. The Morgan fingerprint density at radius 1 is 1.12 bits per heavy atom. The Morgan fingerprint density at radius 2 is 1.94 bits per heavy atom. The number of imidazole rings is 1. The van der Waals surface area contributed by atoms with Gasteiger partial charge in [-0.25, -0.2) is 9.38 Å². The molecule has 2 heterocycles. The molecule has 33 heavy (non-hydrogen) atoms. The molecule has 0 N–H and O–H groups in total. The van der Waals surface area contributed by atoms with E-state index in [-0.39, 0.29) is 12.2 Å². The summed E-state index contributed by atoms with van der Waals surface area (Å²) in [6, 6.07) is 16.7. The van der Waals surface area contributed by atoms with Gasteiger partial charge in [-0.15, -0.1) is 0 Å². The minimum absolute atomic E-state index is 0.0984. The predicted molar refractivity (Wildman–Crippen MR) is 137 cm³/mol. The third kappa shape index (κ3) is 4.22. The van der Waals surface area contributed by atoms with Gasteiger partial charge in [0.1, 0.15) is 6.61 Å². The molecule has 9 heteroatoms. The van der Waals surface area contributed by atoms with Crippen LogP contribution in [-0.2, 0) is 6.61 Å². The number of aromatic nitrogens is 2. The maximum atomic E-state index is 13.0. The Kier molecular flexibility index (Phi) is 6.05. The van der Waals surface area contributed by atoms with Crippen LogP contribution in [0.1, 0.15) is 11.1 Å². The fraction of sp³-hybridized carbons (Fsp3) is 0.0833. The number of para-hydroxylation sites is 2. The monoisotopic (exact) mass is 560 g/mol. The highest BCUT2D eigenvalue weighted by molar-refractivity contribution is 9.10. The molecule has 0 atom stereocenters. The lowest BCUT2D eigenvalue weighted by molar-refractivity contribution is 0.282. The Bertz CT molecular complexity index is 1630. The zero-order valence-corrected chi connectivity index (χ0v) is 21.1. The third-order valence-electron chi connectivity index (χ3n) is 5.06. The number of rotatable bonds is 5. The number of halogens is 3. The summed E-state index contributed by atoms with van der Waals surface area (Å²) < 4.78 is 14.5. The van der Waals surface area contributed by atoms with Gasteiger partial charge in [-0.05, 0) is 69.5 Å². The predicted octanol–water partition coefficient (Wildman–Crippen LogP) is 6.11. The van der Waals surface area contributed by atoms with Crippen LogP contribution >= 0.6 is 50.5 Å². The molecule has 5 rings (SSSR count). The summed E-state index contributed by atoms with van der Waals surface area (Å²) in [5.41, 5.74) is 3.18. The van der Waals surface area contributed by atoms with Gasteiger partial charge >= 0.3 is 0 Å². The Labute approximate surface area is 210 Å². The molecule has 0 aliphatic carbocycles. The standard InChI is InChI=1S/C24H15BrCl2N2O3S/c1-31-20-10-14(8-15(25)22(20)32-12-13-6-7-16(26)17(27)9-13)11-21-23(30)29-19-5-3-2-4-18(19)28-24(29)33-21/h2-11H,12H2,1H3/b21-11-. The number of ether oxygens (including phenoxy) is 2. The van der Waals surface area contributed by atoms with E-state index in [9.17, 15) is 4.79 Å². The fourth-order valence-corrected chi connectivity index (χ4v) is 5.39. The number of hydrogen-bond acceptors (Lipinski definition) is 5. The van der Waals surface area contributed by atoms with E-state index in [1.165, 1.54) is 11.3 Å². The highest BCUT2D eigenvalue weighted by Gasteiger charge is 2.14. The van der Waals surface area contributed by atoms with Crippen LogP contribution < -0.4 is 19.6 Å². The summed E-state index contributed by atoms with van der Waals surface area (Å²) in [4.78, 5) is 18.3. The maximum Gasteiger partial charge on any atom is 0.274 e. The normalized spacial score (nSPS) is 12.1. The smallest absolute Gasteiger partial charge is 0.274 e. The van der Waals surface area contributed by atoms with Gasteiger partial charge in [0.2, 0.25) is 0 Å². The van der Waals surface area contributed by atoms with Crippen LogP contribution in [0.25, 0.3) is 22.1 Å². The summed E-state index contributed by atoms with van der Waals surface area (Å²) >= 11 is 17.0. The van der Waals surface area contributed by atoms with Crippen LogP contribution in [0.2, 0.25) is 10.0 Å². The highest BCUT2D eigenvalue weighted by atomic mass is 79.9. The molecular formula is C24H15BrCl2N2O3S. The van der Waals surface area contributed by atoms with E-state index in [4.69, 9.17) is 32.7 Å². The molecule has 0 aliphatic rings. The van der Waals surface area contributed by atoms with E-state index in [2.05, 4.69) is 20.9 Å². The minimum atomic E-state index is -0.0984. The van der Waals surface area contributed by atoms with Gasteiger partial charge in [0.05, 0.1) is 37.2 Å². The van der Waals surface area contributed by atoms with Gasteiger partial charge in [0.25, 0.3) is 5.56 Å². The van der Waals surface area contributed by atoms with Crippen molar-refractivity contribution in [3.63, 3.8) is 0 Å². The van der Waals surface area contributed by atoms with Crippen molar-refractivity contribution in [2.75, 3.05) is 7.11 Å². The zero-order valence-electron chi connectivity index (χ0n) is 17.1. The molecule has 5 aromatic rings. The first-order chi connectivity index (χ1) is 15.9. The lowest BCUT2D eigenvalue weighted by Gasteiger charge is -2.14. The van der Waals surface area contributed by atoms with Crippen molar-refractivity contribution in [2.45, 2.75) is 6.61 Å². The summed E-state index contributed by atoms with van der Waals surface area (Å²) in [7, 11) is 1.57. The molecule has 2 aromatic heterocycles. The second-order valence-corrected chi connectivity index (χ2v) is 9.88. The van der Waals surface area contributed by atoms with Crippen LogP contribution in [0.4, 0.5) is 0 Å². The minimum Gasteiger partial charge on any atom is -0.493 e. The summed E-state index contributed by atoms with van der Waals surface area (Å²) in [5.74, 6) is 1.09. The molecule has 0 bridgehead atoms. The van der Waals surface area contributed by atoms with E-state index >= 15 is 0 Å². The molecule has 0 radical (unpaired) electrons. The first-order valence-electron chi connectivity index (χ1n) is 9.80. The summed E-state index contributed by atoms with van der Waals surface area (Å²) in [6.07, 6.45) is 1.83. The van der Waals surface area contributed by atoms with E-state index in [1.54, 1.807) is 23.6 Å². The molecule has 166 valence electrons. The van der Waals surface area contributed by atoms with Crippen LogP contribution in [0.15, 0.2) is 63.9 Å². The van der Waals surface area contributed by atoms with Gasteiger partial charge < -0.3 is 9.47 Å². The molecule has 0 saturated heterocycles. The van der Waals surface area contributed by atoms with Gasteiger partial charge in [0.15, 0.2) is 16.5 Å². The van der Waals surface area contributed by atoms with E-state index in [0.29, 0.717) is 35.5 Å². The summed E-state index contributed by atoms with van der Waals surface area (Å²) in [5, 5.41) is 0.961. The second-order valence-electron chi connectivity index (χ2n) is 7.21. The number of nitrogens with zero attached hydrogens (tertiary/aromatic N) is 2. The topological polar surface area (TPSA) is 52.8 Å². The quantitative estimate of drug-likeness (QED) is 0.260. The number of benzene rings is 3. The van der Waals surface area contributed by atoms with Gasteiger partial charge in [-0.1, -0.05) is 52.7 Å². The number of thiazole rings is 1. The molecule has 5 nitrogen and oxygen atoms in total. The van der Waals surface area contributed by atoms with E-state index in [0.717, 1.165) is 22.2 Å². The molecule has 0 saturated carbocycles. The van der Waals surface area contributed by atoms with Gasteiger partial charge in [-0.3, -0.25) is 4.79 Å². The largest absolute Gasteiger partial charge is 0.493 e. The number of methoxy groups -OCH3 is 1. The number of fused-ring (bicyclic) bond motifs is 3. The van der Waals surface area contributed by atoms with Crippen molar-refractivity contribution < 1.29 is 9.47 Å². The lowest BCUT2D eigenvalue weighted by Crippen LogP contribution is -2.22. The molecule has 0 unspecified atom stereocenters. The van der Waals surface area contributed by atoms with Crippen molar-refractivity contribution in [2.24, 2.45) is 0 Å². The van der Waals surface area contributed by atoms with Gasteiger partial charge in [-0.2, -0.15) is 0 Å². The first-order valence-corrected chi connectivity index (χ1v) is 12.2. The van der Waals surface area contributed by atoms with Crippen molar-refractivity contribution >= 4 is 72.5 Å². The second kappa shape index (κ2) is 8.99. The Balaban J connectivity index is 1.50. The van der Waals surface area contributed by atoms with Crippen molar-refractivity contribution in [3.8, 4) is 11.5 Å². The van der Waals surface area contributed by atoms with Crippen molar-refractivity contribution in [3.05, 3.63) is 95.1 Å². The average Bonchev–Trinajstić information content (AvgIpc) is 3.31. The van der Waals surface area contributed by atoms with Crippen molar-refractivity contribution in [1.29, 1.82) is 0 Å². The lowest BCUT2D eigenvalue weighted by atomic mass is 10.2. The Morgan fingerprint density at radius 3 is 2.73 bits per heavy atom. The molecule has 0 amide bonds. The van der Waals surface area contributed by atoms with Crippen LogP contribution in [-0.4, -0.2) is 16.5 Å². The van der Waals surface area contributed by atoms with Gasteiger partial charge in [0, 0.05) is 0 Å². The summed E-state index contributed by atoms with van der Waals surface area (Å²) in [6.45, 7) is 0.287. The van der Waals surface area contributed by atoms with Crippen LogP contribution in [0.5, 0.6) is 11.5 Å². The molecule has 0 spiro atoms. The molecular weight excluding hydrogens is 547 g/mol. The highest BCUT2D eigenvalue weighted by Crippen LogP contribution is 2.37. The van der Waals surface area contributed by atoms with E-state index < -0.39 is 0 Å². The third-order valence-corrected chi connectivity index (χ3v) is 7.36. The Hall–Kier alpha value is -2.58. The van der Waals surface area contributed by atoms with Crippen LogP contribution in [0, 0.1) is 0 Å². The molecule has 0 fully saturated rings. The maximum absolute atomic E-state index is 13.0. The molecule has 0 aliphatic heterocycles. The molecule has 3 aromatic carbocycles. The van der Waals surface area contributed by atoms with E-state index in [1.807, 2.05) is 48.5 Å². The first kappa shape index (κ1) is 22.2.